The normalized spacial score (nSPS) is 11.0. The van der Waals surface area contributed by atoms with Gasteiger partial charge in [0.05, 0.1) is 13.5 Å². The number of hydrogen-bond donors (Lipinski definition) is 1. The number of H-pyrrole nitrogens is 1. The van der Waals surface area contributed by atoms with Crippen molar-refractivity contribution in [3.05, 3.63) is 41.7 Å². The van der Waals surface area contributed by atoms with E-state index in [2.05, 4.69) is 15.1 Å². The highest BCUT2D eigenvalue weighted by atomic mass is 16.5. The number of ether oxygens (including phenoxy) is 1. The lowest BCUT2D eigenvalue weighted by Gasteiger charge is -2.00. The maximum absolute atomic E-state index is 5.24. The van der Waals surface area contributed by atoms with Gasteiger partial charge in [0.2, 0.25) is 5.89 Å². The first kappa shape index (κ1) is 10.8. The minimum absolute atomic E-state index is 0.619. The van der Waals surface area contributed by atoms with Crippen molar-refractivity contribution in [1.29, 1.82) is 0 Å². The molecule has 0 fully saturated rings. The van der Waals surface area contributed by atoms with Crippen molar-refractivity contribution in [3.8, 4) is 5.75 Å². The van der Waals surface area contributed by atoms with Crippen molar-refractivity contribution in [2.24, 2.45) is 0 Å². The molecule has 5 heteroatoms. The average Bonchev–Trinajstić information content (AvgIpc) is 2.96. The van der Waals surface area contributed by atoms with E-state index in [0.29, 0.717) is 18.1 Å². The molecular weight excluding hydrogens is 230 g/mol. The van der Waals surface area contributed by atoms with Gasteiger partial charge in [-0.2, -0.15) is 4.98 Å². The van der Waals surface area contributed by atoms with E-state index in [0.717, 1.165) is 22.2 Å². The lowest BCUT2D eigenvalue weighted by atomic mass is 10.1. The number of fused-ring (bicyclic) bond motifs is 1. The summed E-state index contributed by atoms with van der Waals surface area (Å²) in [6, 6.07) is 5.93. The van der Waals surface area contributed by atoms with Crippen molar-refractivity contribution in [2.75, 3.05) is 7.11 Å². The molecule has 3 rings (SSSR count). The van der Waals surface area contributed by atoms with Gasteiger partial charge in [0.1, 0.15) is 5.75 Å². The van der Waals surface area contributed by atoms with Gasteiger partial charge in [-0.25, -0.2) is 0 Å². The highest BCUT2D eigenvalue weighted by Crippen LogP contribution is 2.25. The minimum atomic E-state index is 0.619. The molecule has 5 nitrogen and oxygen atoms in total. The number of aromatic amines is 1. The van der Waals surface area contributed by atoms with Crippen LogP contribution in [-0.2, 0) is 6.42 Å². The van der Waals surface area contributed by atoms with Crippen LogP contribution in [0.15, 0.2) is 28.9 Å². The number of aromatic nitrogens is 3. The van der Waals surface area contributed by atoms with Crippen molar-refractivity contribution in [2.45, 2.75) is 13.3 Å². The Morgan fingerprint density at radius 3 is 3.00 bits per heavy atom. The van der Waals surface area contributed by atoms with Gasteiger partial charge in [0.25, 0.3) is 0 Å². The molecule has 0 bridgehead atoms. The lowest BCUT2D eigenvalue weighted by molar-refractivity contribution is 0.381. The maximum atomic E-state index is 5.24. The van der Waals surface area contributed by atoms with Crippen molar-refractivity contribution < 1.29 is 9.26 Å². The van der Waals surface area contributed by atoms with Gasteiger partial charge < -0.3 is 14.2 Å². The SMILES string of the molecule is COc1ccc2[nH]cc(Cc3nc(C)no3)c2c1. The van der Waals surface area contributed by atoms with Crippen LogP contribution in [0.4, 0.5) is 0 Å². The molecule has 0 atom stereocenters. The largest absolute Gasteiger partial charge is 0.497 e. The van der Waals surface area contributed by atoms with Crippen molar-refractivity contribution in [1.82, 2.24) is 15.1 Å². The van der Waals surface area contributed by atoms with E-state index in [9.17, 15) is 0 Å². The third-order valence-corrected chi connectivity index (χ3v) is 2.89. The molecule has 0 aliphatic carbocycles. The van der Waals surface area contributed by atoms with E-state index in [-0.39, 0.29) is 0 Å². The molecule has 0 saturated heterocycles. The second-order valence-electron chi connectivity index (χ2n) is 4.14. The third kappa shape index (κ3) is 1.84. The van der Waals surface area contributed by atoms with E-state index in [1.807, 2.05) is 31.3 Å². The quantitative estimate of drug-likeness (QED) is 0.767. The predicted molar refractivity (Wildman–Crippen MR) is 66.7 cm³/mol. The number of nitrogens with one attached hydrogen (secondary N) is 1. The molecule has 18 heavy (non-hydrogen) atoms. The highest BCUT2D eigenvalue weighted by molar-refractivity contribution is 5.84. The van der Waals surface area contributed by atoms with E-state index < -0.39 is 0 Å². The van der Waals surface area contributed by atoms with Crippen LogP contribution in [0.1, 0.15) is 17.3 Å². The Morgan fingerprint density at radius 1 is 1.39 bits per heavy atom. The fourth-order valence-corrected chi connectivity index (χ4v) is 2.01. The van der Waals surface area contributed by atoms with E-state index in [1.54, 1.807) is 7.11 Å². The second-order valence-corrected chi connectivity index (χ2v) is 4.14. The number of methoxy groups -OCH3 is 1. The van der Waals surface area contributed by atoms with Crippen LogP contribution in [0.5, 0.6) is 5.75 Å². The summed E-state index contributed by atoms with van der Waals surface area (Å²) in [5.74, 6) is 2.11. The molecule has 0 amide bonds. The van der Waals surface area contributed by atoms with E-state index in [1.165, 1.54) is 0 Å². The molecule has 1 aromatic carbocycles. The molecule has 0 aliphatic rings. The Bertz CT molecular complexity index is 684. The lowest BCUT2D eigenvalue weighted by Crippen LogP contribution is -1.87. The summed E-state index contributed by atoms with van der Waals surface area (Å²) >= 11 is 0. The fraction of sp³-hybridized carbons (Fsp3) is 0.231. The van der Waals surface area contributed by atoms with E-state index >= 15 is 0 Å². The molecular formula is C13H13N3O2. The van der Waals surface area contributed by atoms with Crippen LogP contribution in [-0.4, -0.2) is 22.2 Å². The van der Waals surface area contributed by atoms with Gasteiger partial charge in [-0.3, -0.25) is 0 Å². The monoisotopic (exact) mass is 243 g/mol. The first-order valence-electron chi connectivity index (χ1n) is 5.69. The molecule has 0 spiro atoms. The summed E-state index contributed by atoms with van der Waals surface area (Å²) in [5.41, 5.74) is 2.19. The smallest absolute Gasteiger partial charge is 0.231 e. The fourth-order valence-electron chi connectivity index (χ4n) is 2.01. The Balaban J connectivity index is 2.01. The van der Waals surface area contributed by atoms with Gasteiger partial charge >= 0.3 is 0 Å². The zero-order valence-electron chi connectivity index (χ0n) is 10.2. The Kier molecular flexibility index (Phi) is 2.51. The summed E-state index contributed by atoms with van der Waals surface area (Å²) in [5, 5.41) is 4.91. The number of rotatable bonds is 3. The summed E-state index contributed by atoms with van der Waals surface area (Å²) in [6.45, 7) is 1.81. The highest BCUT2D eigenvalue weighted by Gasteiger charge is 2.09. The van der Waals surface area contributed by atoms with Gasteiger partial charge in [0.15, 0.2) is 5.82 Å². The predicted octanol–water partition coefficient (Wildman–Crippen LogP) is 2.46. The second kappa shape index (κ2) is 4.18. The van der Waals surface area contributed by atoms with Crippen LogP contribution in [0.2, 0.25) is 0 Å². The van der Waals surface area contributed by atoms with Crippen LogP contribution in [0.25, 0.3) is 10.9 Å². The molecule has 2 heterocycles. The van der Waals surface area contributed by atoms with Gasteiger partial charge in [0, 0.05) is 17.1 Å². The first-order valence-corrected chi connectivity index (χ1v) is 5.69. The average molecular weight is 243 g/mol. The molecule has 0 unspecified atom stereocenters. The van der Waals surface area contributed by atoms with Crippen LogP contribution in [0.3, 0.4) is 0 Å². The van der Waals surface area contributed by atoms with Crippen molar-refractivity contribution >= 4 is 10.9 Å². The molecule has 0 aliphatic heterocycles. The van der Waals surface area contributed by atoms with Gasteiger partial charge in [-0.1, -0.05) is 5.16 Å². The molecule has 3 aromatic rings. The van der Waals surface area contributed by atoms with Crippen LogP contribution >= 0.6 is 0 Å². The molecule has 92 valence electrons. The first-order chi connectivity index (χ1) is 8.76. The van der Waals surface area contributed by atoms with Gasteiger partial charge in [-0.05, 0) is 30.7 Å². The molecule has 0 radical (unpaired) electrons. The van der Waals surface area contributed by atoms with E-state index in [4.69, 9.17) is 9.26 Å². The summed E-state index contributed by atoms with van der Waals surface area (Å²) in [4.78, 5) is 7.43. The van der Waals surface area contributed by atoms with Crippen molar-refractivity contribution in [3.63, 3.8) is 0 Å². The Labute approximate surface area is 104 Å². The number of benzene rings is 1. The summed E-state index contributed by atoms with van der Waals surface area (Å²) in [6.07, 6.45) is 2.58. The topological polar surface area (TPSA) is 63.9 Å². The third-order valence-electron chi connectivity index (χ3n) is 2.89. The summed E-state index contributed by atoms with van der Waals surface area (Å²) in [7, 11) is 1.66. The molecule has 2 aromatic heterocycles. The number of aryl methyl sites for hydroxylation is 1. The Hall–Kier alpha value is -2.30. The Morgan fingerprint density at radius 2 is 2.28 bits per heavy atom. The van der Waals surface area contributed by atoms with Crippen LogP contribution in [0, 0.1) is 6.92 Å². The molecule has 0 saturated carbocycles. The molecule has 1 N–H and O–H groups in total. The zero-order chi connectivity index (χ0) is 12.5. The zero-order valence-corrected chi connectivity index (χ0v) is 10.2. The number of nitrogens with zero attached hydrogens (tertiary/aromatic N) is 2. The maximum Gasteiger partial charge on any atom is 0.231 e. The minimum Gasteiger partial charge on any atom is -0.497 e. The van der Waals surface area contributed by atoms with Gasteiger partial charge in [-0.15, -0.1) is 0 Å². The standard InChI is InChI=1S/C13H13N3O2/c1-8-15-13(18-16-8)5-9-7-14-12-4-3-10(17-2)6-11(9)12/h3-4,6-7,14H,5H2,1-2H3. The summed E-state index contributed by atoms with van der Waals surface area (Å²) < 4.78 is 10.4. The number of hydrogen-bond acceptors (Lipinski definition) is 4. The van der Waals surface area contributed by atoms with Crippen LogP contribution < -0.4 is 4.74 Å².